The van der Waals surface area contributed by atoms with Gasteiger partial charge in [-0.1, -0.05) is 0 Å². The van der Waals surface area contributed by atoms with Crippen LogP contribution in [0.3, 0.4) is 0 Å². The SMILES string of the molecule is COc1ccc(O)c2cc(C(=O)O)n(C)c12. The highest BCUT2D eigenvalue weighted by molar-refractivity contribution is 5.99. The quantitative estimate of drug-likeness (QED) is 0.807. The predicted octanol–water partition coefficient (Wildman–Crippen LogP) is 1.59. The summed E-state index contributed by atoms with van der Waals surface area (Å²) in [6, 6.07) is 4.51. The van der Waals surface area contributed by atoms with Crippen LogP contribution in [-0.4, -0.2) is 27.9 Å². The van der Waals surface area contributed by atoms with E-state index < -0.39 is 5.97 Å². The molecule has 0 saturated carbocycles. The van der Waals surface area contributed by atoms with Crippen LogP contribution in [0.2, 0.25) is 0 Å². The third-order valence-electron chi connectivity index (χ3n) is 2.57. The molecule has 5 nitrogen and oxygen atoms in total. The molecule has 16 heavy (non-hydrogen) atoms. The highest BCUT2D eigenvalue weighted by Gasteiger charge is 2.17. The Balaban J connectivity index is 2.89. The number of benzene rings is 1. The Bertz CT molecular complexity index is 571. The molecule has 0 saturated heterocycles. The molecule has 1 heterocycles. The summed E-state index contributed by atoms with van der Waals surface area (Å²) in [5, 5.41) is 19.1. The highest BCUT2D eigenvalue weighted by Crippen LogP contribution is 2.34. The Morgan fingerprint density at radius 2 is 2.12 bits per heavy atom. The maximum atomic E-state index is 11.0. The van der Waals surface area contributed by atoms with Crippen LogP contribution in [0.1, 0.15) is 10.5 Å². The van der Waals surface area contributed by atoms with Gasteiger partial charge in [0.05, 0.1) is 12.6 Å². The monoisotopic (exact) mass is 221 g/mol. The van der Waals surface area contributed by atoms with Crippen LogP contribution in [0, 0.1) is 0 Å². The predicted molar refractivity (Wildman–Crippen MR) is 58.1 cm³/mol. The zero-order valence-electron chi connectivity index (χ0n) is 8.89. The van der Waals surface area contributed by atoms with Gasteiger partial charge in [0.25, 0.3) is 0 Å². The summed E-state index contributed by atoms with van der Waals surface area (Å²) < 4.78 is 6.61. The van der Waals surface area contributed by atoms with E-state index in [0.29, 0.717) is 16.7 Å². The van der Waals surface area contributed by atoms with E-state index in [2.05, 4.69) is 0 Å². The molecular weight excluding hydrogens is 210 g/mol. The number of carbonyl (C=O) groups is 1. The number of hydrogen-bond acceptors (Lipinski definition) is 3. The standard InChI is InChI=1S/C11H11NO4/c1-12-7(11(14)15)5-6-8(13)3-4-9(16-2)10(6)12/h3-5,13H,1-2H3,(H,14,15). The van der Waals surface area contributed by atoms with Gasteiger partial charge in [0, 0.05) is 12.4 Å². The number of aromatic carboxylic acids is 1. The Labute approximate surface area is 91.5 Å². The second kappa shape index (κ2) is 3.44. The molecule has 0 aliphatic heterocycles. The minimum absolute atomic E-state index is 0.0406. The molecule has 84 valence electrons. The fraction of sp³-hybridized carbons (Fsp3) is 0.182. The highest BCUT2D eigenvalue weighted by atomic mass is 16.5. The van der Waals surface area contributed by atoms with E-state index in [4.69, 9.17) is 9.84 Å². The van der Waals surface area contributed by atoms with E-state index >= 15 is 0 Å². The first kappa shape index (κ1) is 10.4. The topological polar surface area (TPSA) is 71.7 Å². The van der Waals surface area contributed by atoms with Gasteiger partial charge in [-0.15, -0.1) is 0 Å². The largest absolute Gasteiger partial charge is 0.507 e. The Hall–Kier alpha value is -2.17. The molecule has 2 rings (SSSR count). The number of methoxy groups -OCH3 is 1. The number of nitrogens with zero attached hydrogens (tertiary/aromatic N) is 1. The number of aromatic nitrogens is 1. The molecule has 0 aliphatic carbocycles. The molecule has 0 bridgehead atoms. The molecule has 2 N–H and O–H groups in total. The molecule has 0 atom stereocenters. The van der Waals surface area contributed by atoms with Crippen molar-refractivity contribution in [2.24, 2.45) is 7.05 Å². The van der Waals surface area contributed by atoms with Gasteiger partial charge in [-0.05, 0) is 18.2 Å². The van der Waals surface area contributed by atoms with Crippen LogP contribution in [-0.2, 0) is 7.05 Å². The zero-order valence-corrected chi connectivity index (χ0v) is 8.89. The van der Waals surface area contributed by atoms with Gasteiger partial charge in [-0.25, -0.2) is 4.79 Å². The average Bonchev–Trinajstić information content (AvgIpc) is 2.59. The van der Waals surface area contributed by atoms with Crippen LogP contribution in [0.25, 0.3) is 10.9 Å². The first-order valence-electron chi connectivity index (χ1n) is 4.65. The molecule has 0 radical (unpaired) electrons. The Morgan fingerprint density at radius 3 is 2.69 bits per heavy atom. The Morgan fingerprint density at radius 1 is 1.44 bits per heavy atom. The lowest BCUT2D eigenvalue weighted by Crippen LogP contribution is -2.04. The zero-order chi connectivity index (χ0) is 11.9. The molecule has 0 spiro atoms. The van der Waals surface area contributed by atoms with E-state index in [1.54, 1.807) is 13.1 Å². The van der Waals surface area contributed by atoms with Crippen LogP contribution >= 0.6 is 0 Å². The molecule has 0 unspecified atom stereocenters. The van der Waals surface area contributed by atoms with Crippen LogP contribution in [0.5, 0.6) is 11.5 Å². The number of phenolic OH excluding ortho intramolecular Hbond substituents is 1. The van der Waals surface area contributed by atoms with Crippen molar-refractivity contribution in [2.75, 3.05) is 7.11 Å². The lowest BCUT2D eigenvalue weighted by atomic mass is 10.2. The number of carboxylic acids is 1. The van der Waals surface area contributed by atoms with E-state index in [1.165, 1.54) is 23.8 Å². The second-order valence-electron chi connectivity index (χ2n) is 3.44. The van der Waals surface area contributed by atoms with E-state index in [1.807, 2.05) is 0 Å². The van der Waals surface area contributed by atoms with Gasteiger partial charge in [0.15, 0.2) is 0 Å². The number of aromatic hydroxyl groups is 1. The van der Waals surface area contributed by atoms with Gasteiger partial charge in [0.1, 0.15) is 17.2 Å². The summed E-state index contributed by atoms with van der Waals surface area (Å²) in [5.41, 5.74) is 0.676. The fourth-order valence-corrected chi connectivity index (χ4v) is 1.79. The molecule has 1 aromatic carbocycles. The minimum atomic E-state index is -1.04. The van der Waals surface area contributed by atoms with E-state index in [9.17, 15) is 9.90 Å². The van der Waals surface area contributed by atoms with Crippen molar-refractivity contribution in [3.63, 3.8) is 0 Å². The molecule has 0 aliphatic rings. The van der Waals surface area contributed by atoms with Gasteiger partial charge in [0.2, 0.25) is 0 Å². The van der Waals surface area contributed by atoms with Gasteiger partial charge in [-0.2, -0.15) is 0 Å². The fourth-order valence-electron chi connectivity index (χ4n) is 1.79. The number of hydrogen-bond donors (Lipinski definition) is 2. The second-order valence-corrected chi connectivity index (χ2v) is 3.44. The number of fused-ring (bicyclic) bond motifs is 1. The van der Waals surface area contributed by atoms with Crippen molar-refractivity contribution < 1.29 is 19.7 Å². The third kappa shape index (κ3) is 1.29. The summed E-state index contributed by atoms with van der Waals surface area (Å²) >= 11 is 0. The van der Waals surface area contributed by atoms with E-state index in [0.717, 1.165) is 0 Å². The van der Waals surface area contributed by atoms with Gasteiger partial charge >= 0.3 is 5.97 Å². The maximum Gasteiger partial charge on any atom is 0.352 e. The van der Waals surface area contributed by atoms with Crippen molar-refractivity contribution in [2.45, 2.75) is 0 Å². The molecule has 0 amide bonds. The molecule has 2 aromatic rings. The van der Waals surface area contributed by atoms with Crippen molar-refractivity contribution in [1.29, 1.82) is 0 Å². The third-order valence-corrected chi connectivity index (χ3v) is 2.57. The summed E-state index contributed by atoms with van der Waals surface area (Å²) in [6.07, 6.45) is 0. The van der Waals surface area contributed by atoms with Gasteiger partial charge in [-0.3, -0.25) is 0 Å². The van der Waals surface area contributed by atoms with Crippen LogP contribution in [0.15, 0.2) is 18.2 Å². The summed E-state index contributed by atoms with van der Waals surface area (Å²) in [5.74, 6) is -0.471. The molecular formula is C11H11NO4. The lowest BCUT2D eigenvalue weighted by Gasteiger charge is -2.06. The van der Waals surface area contributed by atoms with Crippen molar-refractivity contribution >= 4 is 16.9 Å². The first-order chi connectivity index (χ1) is 7.56. The number of ether oxygens (including phenoxy) is 1. The number of phenols is 1. The smallest absolute Gasteiger partial charge is 0.352 e. The number of carboxylic acid groups (broad SMARTS) is 1. The number of rotatable bonds is 2. The maximum absolute atomic E-state index is 11.0. The lowest BCUT2D eigenvalue weighted by molar-refractivity contribution is 0.0687. The van der Waals surface area contributed by atoms with Crippen LogP contribution < -0.4 is 4.74 Å². The van der Waals surface area contributed by atoms with Crippen molar-refractivity contribution in [3.8, 4) is 11.5 Å². The first-order valence-corrected chi connectivity index (χ1v) is 4.65. The molecule has 1 aromatic heterocycles. The Kier molecular flexibility index (Phi) is 2.23. The summed E-state index contributed by atoms with van der Waals surface area (Å²) in [6.45, 7) is 0. The van der Waals surface area contributed by atoms with Gasteiger partial charge < -0.3 is 19.5 Å². The molecule has 0 fully saturated rings. The normalized spacial score (nSPS) is 10.6. The van der Waals surface area contributed by atoms with E-state index in [-0.39, 0.29) is 11.4 Å². The molecule has 5 heteroatoms. The number of aryl methyl sites for hydroxylation is 1. The minimum Gasteiger partial charge on any atom is -0.507 e. The average molecular weight is 221 g/mol. The summed E-state index contributed by atoms with van der Waals surface area (Å²) in [7, 11) is 3.12. The van der Waals surface area contributed by atoms with Crippen molar-refractivity contribution in [3.05, 3.63) is 23.9 Å². The van der Waals surface area contributed by atoms with Crippen LogP contribution in [0.4, 0.5) is 0 Å². The summed E-state index contributed by atoms with van der Waals surface area (Å²) in [4.78, 5) is 11.0. The van der Waals surface area contributed by atoms with Crippen molar-refractivity contribution in [1.82, 2.24) is 4.57 Å².